The van der Waals surface area contributed by atoms with E-state index in [0.29, 0.717) is 12.1 Å². The van der Waals surface area contributed by atoms with Gasteiger partial charge in [-0.1, -0.05) is 0 Å². The SMILES string of the molecule is CC(CCO)NC(=O)c1ccc(F)c(C(F)(F)F)c1. The summed E-state index contributed by atoms with van der Waals surface area (Å²) in [5.74, 6) is -2.17. The molecule has 0 fully saturated rings. The highest BCUT2D eigenvalue weighted by Gasteiger charge is 2.34. The van der Waals surface area contributed by atoms with E-state index in [4.69, 9.17) is 5.11 Å². The predicted molar refractivity (Wildman–Crippen MR) is 60.0 cm³/mol. The van der Waals surface area contributed by atoms with Crippen molar-refractivity contribution in [2.45, 2.75) is 25.6 Å². The fourth-order valence-electron chi connectivity index (χ4n) is 1.46. The van der Waals surface area contributed by atoms with Crippen molar-refractivity contribution in [3.8, 4) is 0 Å². The monoisotopic (exact) mass is 279 g/mol. The quantitative estimate of drug-likeness (QED) is 0.831. The molecule has 19 heavy (non-hydrogen) atoms. The van der Waals surface area contributed by atoms with Crippen molar-refractivity contribution >= 4 is 5.91 Å². The molecule has 1 aromatic carbocycles. The van der Waals surface area contributed by atoms with Gasteiger partial charge in [-0.05, 0) is 31.5 Å². The first-order valence-electron chi connectivity index (χ1n) is 5.54. The van der Waals surface area contributed by atoms with Crippen LogP contribution in [-0.4, -0.2) is 23.7 Å². The molecule has 0 aromatic heterocycles. The van der Waals surface area contributed by atoms with Crippen molar-refractivity contribution in [3.63, 3.8) is 0 Å². The molecule has 1 unspecified atom stereocenters. The Morgan fingerprint density at radius 3 is 2.58 bits per heavy atom. The number of nitrogens with one attached hydrogen (secondary N) is 1. The molecule has 0 radical (unpaired) electrons. The van der Waals surface area contributed by atoms with Crippen LogP contribution in [0.1, 0.15) is 29.3 Å². The smallest absolute Gasteiger partial charge is 0.396 e. The lowest BCUT2D eigenvalue weighted by Crippen LogP contribution is -2.33. The molecule has 0 heterocycles. The van der Waals surface area contributed by atoms with Gasteiger partial charge < -0.3 is 10.4 Å². The highest BCUT2D eigenvalue weighted by molar-refractivity contribution is 5.94. The second-order valence-electron chi connectivity index (χ2n) is 4.08. The Morgan fingerprint density at radius 2 is 2.05 bits per heavy atom. The summed E-state index contributed by atoms with van der Waals surface area (Å²) >= 11 is 0. The number of alkyl halides is 3. The molecule has 0 aliphatic heterocycles. The zero-order chi connectivity index (χ0) is 14.6. The highest BCUT2D eigenvalue weighted by atomic mass is 19.4. The summed E-state index contributed by atoms with van der Waals surface area (Å²) in [6.07, 6.45) is -4.57. The van der Waals surface area contributed by atoms with Crippen LogP contribution in [0.5, 0.6) is 0 Å². The molecule has 1 aromatic rings. The third-order valence-corrected chi connectivity index (χ3v) is 2.47. The Balaban J connectivity index is 2.93. The van der Waals surface area contributed by atoms with Crippen LogP contribution in [0.25, 0.3) is 0 Å². The lowest BCUT2D eigenvalue weighted by molar-refractivity contribution is -0.140. The van der Waals surface area contributed by atoms with Crippen molar-refractivity contribution in [2.75, 3.05) is 6.61 Å². The maximum atomic E-state index is 13.0. The Bertz CT molecular complexity index is 460. The van der Waals surface area contributed by atoms with E-state index in [1.165, 1.54) is 0 Å². The summed E-state index contributed by atoms with van der Waals surface area (Å²) in [4.78, 5) is 11.6. The molecule has 1 amide bonds. The summed E-state index contributed by atoms with van der Waals surface area (Å²) in [5, 5.41) is 11.1. The molecule has 3 nitrogen and oxygen atoms in total. The summed E-state index contributed by atoms with van der Waals surface area (Å²) in [6, 6.07) is 1.66. The van der Waals surface area contributed by atoms with Crippen molar-refractivity contribution in [1.82, 2.24) is 5.32 Å². The minimum atomic E-state index is -4.85. The molecule has 1 rings (SSSR count). The van der Waals surface area contributed by atoms with Crippen LogP contribution in [0, 0.1) is 5.82 Å². The van der Waals surface area contributed by atoms with Crippen LogP contribution in [-0.2, 0) is 6.18 Å². The molecule has 0 aliphatic rings. The average molecular weight is 279 g/mol. The first-order chi connectivity index (χ1) is 8.75. The Kier molecular flexibility index (Phi) is 4.88. The zero-order valence-corrected chi connectivity index (χ0v) is 10.1. The third-order valence-electron chi connectivity index (χ3n) is 2.47. The van der Waals surface area contributed by atoms with Gasteiger partial charge >= 0.3 is 6.18 Å². The molecule has 0 saturated heterocycles. The molecule has 7 heteroatoms. The second kappa shape index (κ2) is 6.01. The van der Waals surface area contributed by atoms with Crippen molar-refractivity contribution in [3.05, 3.63) is 35.1 Å². The van der Waals surface area contributed by atoms with Gasteiger partial charge in [-0.3, -0.25) is 4.79 Å². The zero-order valence-electron chi connectivity index (χ0n) is 10.1. The molecule has 1 atom stereocenters. The largest absolute Gasteiger partial charge is 0.419 e. The molecular formula is C12H13F4NO2. The van der Waals surface area contributed by atoms with E-state index < -0.39 is 29.5 Å². The van der Waals surface area contributed by atoms with E-state index in [9.17, 15) is 22.4 Å². The van der Waals surface area contributed by atoms with Crippen molar-refractivity contribution in [2.24, 2.45) is 0 Å². The van der Waals surface area contributed by atoms with E-state index in [0.717, 1.165) is 6.07 Å². The molecular weight excluding hydrogens is 266 g/mol. The highest BCUT2D eigenvalue weighted by Crippen LogP contribution is 2.31. The van der Waals surface area contributed by atoms with E-state index in [2.05, 4.69) is 5.32 Å². The van der Waals surface area contributed by atoms with Crippen LogP contribution in [0.4, 0.5) is 17.6 Å². The lowest BCUT2D eigenvalue weighted by Gasteiger charge is -2.14. The number of aliphatic hydroxyl groups excluding tert-OH is 1. The van der Waals surface area contributed by atoms with Crippen molar-refractivity contribution in [1.29, 1.82) is 0 Å². The van der Waals surface area contributed by atoms with E-state index >= 15 is 0 Å². The van der Waals surface area contributed by atoms with Gasteiger partial charge in [0.05, 0.1) is 5.56 Å². The minimum absolute atomic E-state index is 0.154. The third kappa shape index (κ3) is 4.20. The summed E-state index contributed by atoms with van der Waals surface area (Å²) in [6.45, 7) is 1.45. The fraction of sp³-hybridized carbons (Fsp3) is 0.417. The Hall–Kier alpha value is -1.63. The van der Waals surface area contributed by atoms with Gasteiger partial charge in [0.1, 0.15) is 5.82 Å². The number of carbonyl (C=O) groups excluding carboxylic acids is 1. The molecule has 0 aliphatic carbocycles. The second-order valence-corrected chi connectivity index (χ2v) is 4.08. The molecule has 0 saturated carbocycles. The topological polar surface area (TPSA) is 49.3 Å². The van der Waals surface area contributed by atoms with Crippen LogP contribution in [0.3, 0.4) is 0 Å². The van der Waals surface area contributed by atoms with Crippen LogP contribution in [0.2, 0.25) is 0 Å². The van der Waals surface area contributed by atoms with E-state index in [1.54, 1.807) is 6.92 Å². The van der Waals surface area contributed by atoms with E-state index in [-0.39, 0.29) is 18.6 Å². The Morgan fingerprint density at radius 1 is 1.42 bits per heavy atom. The molecule has 0 spiro atoms. The average Bonchev–Trinajstić information content (AvgIpc) is 2.27. The van der Waals surface area contributed by atoms with Gasteiger partial charge in [0.2, 0.25) is 0 Å². The predicted octanol–water partition coefficient (Wildman–Crippen LogP) is 2.35. The number of benzene rings is 1. The van der Waals surface area contributed by atoms with Crippen LogP contribution in [0.15, 0.2) is 18.2 Å². The summed E-state index contributed by atoms with van der Waals surface area (Å²) in [5.41, 5.74) is -1.76. The van der Waals surface area contributed by atoms with Crippen LogP contribution < -0.4 is 5.32 Å². The Labute approximate surface area is 107 Å². The standard InChI is InChI=1S/C12H13F4NO2/c1-7(4-5-18)17-11(19)8-2-3-10(13)9(6-8)12(14,15)16/h2-3,6-7,18H,4-5H2,1H3,(H,17,19). The number of carbonyl (C=O) groups is 1. The molecule has 2 N–H and O–H groups in total. The first-order valence-corrected chi connectivity index (χ1v) is 5.54. The van der Waals surface area contributed by atoms with Gasteiger partial charge in [0, 0.05) is 18.2 Å². The number of rotatable bonds is 4. The number of hydrogen-bond acceptors (Lipinski definition) is 2. The van der Waals surface area contributed by atoms with Gasteiger partial charge in [0.25, 0.3) is 5.91 Å². The first kappa shape index (κ1) is 15.4. The summed E-state index contributed by atoms with van der Waals surface area (Å²) < 4.78 is 50.4. The van der Waals surface area contributed by atoms with Crippen LogP contribution >= 0.6 is 0 Å². The van der Waals surface area contributed by atoms with Crippen molar-refractivity contribution < 1.29 is 27.5 Å². The number of amides is 1. The molecule has 106 valence electrons. The minimum Gasteiger partial charge on any atom is -0.396 e. The van der Waals surface area contributed by atoms with Gasteiger partial charge in [-0.15, -0.1) is 0 Å². The summed E-state index contributed by atoms with van der Waals surface area (Å²) in [7, 11) is 0. The van der Waals surface area contributed by atoms with E-state index in [1.807, 2.05) is 0 Å². The fourth-order valence-corrected chi connectivity index (χ4v) is 1.46. The van der Waals surface area contributed by atoms with Gasteiger partial charge in [-0.2, -0.15) is 13.2 Å². The number of halogens is 4. The lowest BCUT2D eigenvalue weighted by atomic mass is 10.1. The number of aliphatic hydroxyl groups is 1. The maximum absolute atomic E-state index is 13.0. The van der Waals surface area contributed by atoms with Gasteiger partial charge in [-0.25, -0.2) is 4.39 Å². The molecule has 0 bridgehead atoms. The van der Waals surface area contributed by atoms with Gasteiger partial charge in [0.15, 0.2) is 0 Å². The maximum Gasteiger partial charge on any atom is 0.419 e. The normalized spacial score (nSPS) is 13.2. The number of hydrogen-bond donors (Lipinski definition) is 2.